The number of aromatic nitrogens is 2. The molecule has 0 saturated carbocycles. The van der Waals surface area contributed by atoms with Gasteiger partial charge in [0.2, 0.25) is 11.8 Å². The number of nitrogens with zero attached hydrogens (tertiary/aromatic N) is 3. The van der Waals surface area contributed by atoms with Crippen LogP contribution in [-0.2, 0) is 9.59 Å². The molecule has 0 spiro atoms. The zero-order chi connectivity index (χ0) is 19.4. The molecular formula is C19H18N4O3S. The maximum absolute atomic E-state index is 12.2. The summed E-state index contributed by atoms with van der Waals surface area (Å²) in [5.74, 6) is -0.781. The lowest BCUT2D eigenvalue weighted by Crippen LogP contribution is -2.26. The molecule has 0 aliphatic carbocycles. The molecule has 1 aromatic carbocycles. The third kappa shape index (κ3) is 4.22. The first-order valence-corrected chi connectivity index (χ1v) is 9.34. The monoisotopic (exact) mass is 382 g/mol. The Bertz CT molecular complexity index is 961. The minimum atomic E-state index is -0.431. The van der Waals surface area contributed by atoms with Gasteiger partial charge in [0.1, 0.15) is 5.69 Å². The highest BCUT2D eigenvalue weighted by atomic mass is 32.2. The smallest absolute Gasteiger partial charge is 0.286 e. The predicted molar refractivity (Wildman–Crippen MR) is 105 cm³/mol. The van der Waals surface area contributed by atoms with E-state index in [1.807, 2.05) is 30.3 Å². The summed E-state index contributed by atoms with van der Waals surface area (Å²) in [7, 11) is 0. The van der Waals surface area contributed by atoms with Crippen LogP contribution < -0.4 is 5.32 Å². The van der Waals surface area contributed by atoms with E-state index in [0.29, 0.717) is 29.0 Å². The van der Waals surface area contributed by atoms with Gasteiger partial charge in [0.25, 0.3) is 5.91 Å². The van der Waals surface area contributed by atoms with Crippen molar-refractivity contribution in [1.82, 2.24) is 15.1 Å². The van der Waals surface area contributed by atoms with E-state index < -0.39 is 5.91 Å². The molecule has 2 heterocycles. The van der Waals surface area contributed by atoms with Crippen LogP contribution in [0.15, 0.2) is 46.4 Å². The van der Waals surface area contributed by atoms with Crippen LogP contribution in [0.4, 0.5) is 0 Å². The SMILES string of the molecule is CCC(=O)NC1=NC(=O)/C(=C/c2cn(C(=O)CC)nc2-c2ccccc2)S1. The Hall–Kier alpha value is -3.00. The minimum absolute atomic E-state index is 0.144. The van der Waals surface area contributed by atoms with Crippen LogP contribution in [0.25, 0.3) is 17.3 Å². The molecule has 138 valence electrons. The zero-order valence-electron chi connectivity index (χ0n) is 14.9. The number of carbonyl (C=O) groups excluding carboxylic acids is 3. The number of amides is 2. The number of benzene rings is 1. The second-order valence-electron chi connectivity index (χ2n) is 5.73. The predicted octanol–water partition coefficient (Wildman–Crippen LogP) is 3.10. The number of hydrogen-bond acceptors (Lipinski definition) is 5. The van der Waals surface area contributed by atoms with Gasteiger partial charge in [-0.15, -0.1) is 0 Å². The molecule has 27 heavy (non-hydrogen) atoms. The quantitative estimate of drug-likeness (QED) is 0.820. The summed E-state index contributed by atoms with van der Waals surface area (Å²) in [6.07, 6.45) is 3.88. The van der Waals surface area contributed by atoms with E-state index in [1.54, 1.807) is 26.1 Å². The summed E-state index contributed by atoms with van der Waals surface area (Å²) in [6.45, 7) is 3.48. The fourth-order valence-electron chi connectivity index (χ4n) is 2.41. The second-order valence-corrected chi connectivity index (χ2v) is 6.76. The number of thioether (sulfide) groups is 1. The maximum Gasteiger partial charge on any atom is 0.286 e. The van der Waals surface area contributed by atoms with Gasteiger partial charge in [-0.25, -0.2) is 4.68 Å². The van der Waals surface area contributed by atoms with Crippen molar-refractivity contribution in [2.75, 3.05) is 0 Å². The Kier molecular flexibility index (Phi) is 5.66. The number of amidine groups is 1. The van der Waals surface area contributed by atoms with Crippen molar-refractivity contribution in [2.45, 2.75) is 26.7 Å². The van der Waals surface area contributed by atoms with E-state index in [-0.39, 0.29) is 17.0 Å². The highest BCUT2D eigenvalue weighted by molar-refractivity contribution is 8.18. The fraction of sp³-hybridized carbons (Fsp3) is 0.211. The minimum Gasteiger partial charge on any atom is -0.305 e. The van der Waals surface area contributed by atoms with Crippen molar-refractivity contribution in [3.63, 3.8) is 0 Å². The van der Waals surface area contributed by atoms with Crippen molar-refractivity contribution in [3.05, 3.63) is 47.0 Å². The fourth-order valence-corrected chi connectivity index (χ4v) is 3.24. The molecule has 0 bridgehead atoms. The van der Waals surface area contributed by atoms with E-state index in [4.69, 9.17) is 0 Å². The molecule has 0 saturated heterocycles. The molecule has 7 nitrogen and oxygen atoms in total. The molecule has 1 N–H and O–H groups in total. The molecule has 2 aromatic rings. The maximum atomic E-state index is 12.2. The van der Waals surface area contributed by atoms with Gasteiger partial charge < -0.3 is 5.32 Å². The first-order chi connectivity index (χ1) is 13.0. The van der Waals surface area contributed by atoms with E-state index >= 15 is 0 Å². The Morgan fingerprint density at radius 2 is 1.93 bits per heavy atom. The Morgan fingerprint density at radius 3 is 2.59 bits per heavy atom. The zero-order valence-corrected chi connectivity index (χ0v) is 15.7. The van der Waals surface area contributed by atoms with E-state index in [9.17, 15) is 14.4 Å². The highest BCUT2D eigenvalue weighted by Crippen LogP contribution is 2.31. The van der Waals surface area contributed by atoms with Crippen LogP contribution in [-0.4, -0.2) is 32.7 Å². The standard InChI is InChI=1S/C19H18N4O3S/c1-3-15(24)20-19-21-18(26)14(27-19)10-13-11-23(16(25)4-2)22-17(13)12-8-6-5-7-9-12/h5-11H,3-4H2,1-2H3,(H,20,21,24,26)/b14-10-. The molecule has 0 unspecified atom stereocenters. The van der Waals surface area contributed by atoms with Crippen LogP contribution in [0, 0.1) is 0 Å². The van der Waals surface area contributed by atoms with Gasteiger partial charge in [-0.2, -0.15) is 10.1 Å². The van der Waals surface area contributed by atoms with E-state index in [2.05, 4.69) is 15.4 Å². The van der Waals surface area contributed by atoms with Crippen LogP contribution >= 0.6 is 11.8 Å². The molecule has 2 amide bonds. The lowest BCUT2D eigenvalue weighted by atomic mass is 10.1. The van der Waals surface area contributed by atoms with Crippen molar-refractivity contribution >= 4 is 40.7 Å². The second kappa shape index (κ2) is 8.13. The number of carbonyl (C=O) groups is 3. The average Bonchev–Trinajstić information content (AvgIpc) is 3.25. The third-order valence-corrected chi connectivity index (χ3v) is 4.72. The Labute approximate surface area is 160 Å². The van der Waals surface area contributed by atoms with Crippen molar-refractivity contribution in [2.24, 2.45) is 4.99 Å². The first kappa shape index (κ1) is 18.8. The van der Waals surface area contributed by atoms with Crippen molar-refractivity contribution in [3.8, 4) is 11.3 Å². The number of rotatable bonds is 4. The van der Waals surface area contributed by atoms with Crippen molar-refractivity contribution in [1.29, 1.82) is 0 Å². The molecule has 0 fully saturated rings. The summed E-state index contributed by atoms with van der Waals surface area (Å²) in [5.41, 5.74) is 2.07. The number of hydrogen-bond donors (Lipinski definition) is 1. The van der Waals surface area contributed by atoms with Crippen LogP contribution in [0.2, 0.25) is 0 Å². The molecule has 3 rings (SSSR count). The van der Waals surface area contributed by atoms with Gasteiger partial charge in [0.05, 0.1) is 4.91 Å². The highest BCUT2D eigenvalue weighted by Gasteiger charge is 2.24. The summed E-state index contributed by atoms with van der Waals surface area (Å²) in [6, 6.07) is 9.42. The van der Waals surface area contributed by atoms with Gasteiger partial charge in [0.15, 0.2) is 5.17 Å². The van der Waals surface area contributed by atoms with Gasteiger partial charge in [-0.3, -0.25) is 14.4 Å². The molecule has 1 aliphatic rings. The molecule has 1 aliphatic heterocycles. The molecule has 0 radical (unpaired) electrons. The van der Waals surface area contributed by atoms with Gasteiger partial charge in [-0.05, 0) is 17.8 Å². The largest absolute Gasteiger partial charge is 0.305 e. The van der Waals surface area contributed by atoms with Crippen molar-refractivity contribution < 1.29 is 14.4 Å². The molecule has 8 heteroatoms. The number of aliphatic imine (C=N–C) groups is 1. The molecular weight excluding hydrogens is 364 g/mol. The summed E-state index contributed by atoms with van der Waals surface area (Å²) >= 11 is 1.09. The lowest BCUT2D eigenvalue weighted by molar-refractivity contribution is -0.119. The Balaban J connectivity index is 1.96. The van der Waals surface area contributed by atoms with Gasteiger partial charge >= 0.3 is 0 Å². The summed E-state index contributed by atoms with van der Waals surface area (Å²) in [4.78, 5) is 40.0. The summed E-state index contributed by atoms with van der Waals surface area (Å²) < 4.78 is 1.29. The number of nitrogens with one attached hydrogen (secondary N) is 1. The lowest BCUT2D eigenvalue weighted by Gasteiger charge is -2.00. The van der Waals surface area contributed by atoms with E-state index in [0.717, 1.165) is 17.3 Å². The van der Waals surface area contributed by atoms with Crippen LogP contribution in [0.3, 0.4) is 0 Å². The topological polar surface area (TPSA) is 93.4 Å². The third-order valence-electron chi connectivity index (χ3n) is 3.82. The molecule has 0 atom stereocenters. The van der Waals surface area contributed by atoms with Gasteiger partial charge in [-0.1, -0.05) is 44.2 Å². The van der Waals surface area contributed by atoms with Crippen LogP contribution in [0.1, 0.15) is 37.0 Å². The first-order valence-electron chi connectivity index (χ1n) is 8.52. The average molecular weight is 382 g/mol. The molecule has 1 aromatic heterocycles. The van der Waals surface area contributed by atoms with Gasteiger partial charge in [0, 0.05) is 30.2 Å². The van der Waals surface area contributed by atoms with E-state index in [1.165, 1.54) is 4.68 Å². The Morgan fingerprint density at radius 1 is 1.19 bits per heavy atom. The van der Waals surface area contributed by atoms with Crippen LogP contribution in [0.5, 0.6) is 0 Å². The summed E-state index contributed by atoms with van der Waals surface area (Å²) in [5, 5.41) is 7.25. The normalized spacial score (nSPS) is 15.1.